The van der Waals surface area contributed by atoms with Gasteiger partial charge in [0.1, 0.15) is 12.3 Å². The van der Waals surface area contributed by atoms with E-state index in [0.29, 0.717) is 38.4 Å². The fourth-order valence-corrected chi connectivity index (χ4v) is 4.35. The standard InChI is InChI=1S/C29H57N5O4/c1-24(33-16-17-33)10-14-30-22-31-23-36-20-9-8-12-28(4,5)26(3)37-21-13-29(6,7)38-27(35)32-15-11-25(2)34-18-19-34/h22,24-26H,8-21,23H2,1-7H3,(H,30,31)(H,32,35). The summed E-state index contributed by atoms with van der Waals surface area (Å²) in [5, 5.41) is 6.13. The van der Waals surface area contributed by atoms with Gasteiger partial charge in [-0.1, -0.05) is 20.3 Å². The second-order valence-electron chi connectivity index (χ2n) is 12.4. The van der Waals surface area contributed by atoms with Gasteiger partial charge in [-0.25, -0.2) is 9.79 Å². The Morgan fingerprint density at radius 1 is 0.921 bits per heavy atom. The lowest BCUT2D eigenvalue weighted by atomic mass is 9.82. The van der Waals surface area contributed by atoms with Crippen LogP contribution in [0.25, 0.3) is 0 Å². The first kappa shape index (κ1) is 32.8. The van der Waals surface area contributed by atoms with Crippen LogP contribution in [-0.4, -0.2) is 105 Å². The Morgan fingerprint density at radius 3 is 2.18 bits per heavy atom. The van der Waals surface area contributed by atoms with Gasteiger partial charge >= 0.3 is 6.09 Å². The molecular weight excluding hydrogens is 482 g/mol. The van der Waals surface area contributed by atoms with E-state index in [4.69, 9.17) is 14.2 Å². The second-order valence-corrected chi connectivity index (χ2v) is 12.4. The van der Waals surface area contributed by atoms with Gasteiger partial charge in [-0.2, -0.15) is 0 Å². The third kappa shape index (κ3) is 14.7. The minimum atomic E-state index is -0.567. The maximum atomic E-state index is 12.2. The van der Waals surface area contributed by atoms with E-state index in [1.54, 1.807) is 6.34 Å². The number of nitrogens with one attached hydrogen (secondary N) is 2. The van der Waals surface area contributed by atoms with Gasteiger partial charge in [-0.05, 0) is 65.7 Å². The minimum absolute atomic E-state index is 0.0624. The van der Waals surface area contributed by atoms with E-state index in [1.807, 2.05) is 13.8 Å². The first-order chi connectivity index (χ1) is 18.0. The zero-order chi connectivity index (χ0) is 28.0. The van der Waals surface area contributed by atoms with Crippen molar-refractivity contribution in [2.24, 2.45) is 10.4 Å². The predicted octanol–water partition coefficient (Wildman–Crippen LogP) is 4.26. The van der Waals surface area contributed by atoms with Crippen LogP contribution >= 0.6 is 0 Å². The van der Waals surface area contributed by atoms with Crippen LogP contribution in [0.3, 0.4) is 0 Å². The van der Waals surface area contributed by atoms with Crippen LogP contribution in [-0.2, 0) is 14.2 Å². The van der Waals surface area contributed by atoms with Gasteiger partial charge < -0.3 is 24.8 Å². The molecule has 2 N–H and O–H groups in total. The van der Waals surface area contributed by atoms with Crippen LogP contribution in [0, 0.1) is 5.41 Å². The van der Waals surface area contributed by atoms with Crippen molar-refractivity contribution in [1.82, 2.24) is 20.4 Å². The van der Waals surface area contributed by atoms with E-state index in [9.17, 15) is 4.79 Å². The highest BCUT2D eigenvalue weighted by molar-refractivity contribution is 5.67. The summed E-state index contributed by atoms with van der Waals surface area (Å²) in [4.78, 5) is 21.3. The molecule has 2 aliphatic heterocycles. The van der Waals surface area contributed by atoms with Gasteiger partial charge in [-0.15, -0.1) is 0 Å². The maximum Gasteiger partial charge on any atom is 0.407 e. The van der Waals surface area contributed by atoms with Crippen LogP contribution in [0.15, 0.2) is 4.99 Å². The number of ether oxygens (including phenoxy) is 3. The molecule has 2 fully saturated rings. The first-order valence-corrected chi connectivity index (χ1v) is 14.9. The Morgan fingerprint density at radius 2 is 1.55 bits per heavy atom. The molecule has 3 unspecified atom stereocenters. The highest BCUT2D eigenvalue weighted by Gasteiger charge is 2.29. The molecule has 9 nitrogen and oxygen atoms in total. The minimum Gasteiger partial charge on any atom is -0.443 e. The lowest BCUT2D eigenvalue weighted by molar-refractivity contribution is -0.0469. The number of rotatable bonds is 22. The van der Waals surface area contributed by atoms with Gasteiger partial charge in [0.15, 0.2) is 0 Å². The van der Waals surface area contributed by atoms with Gasteiger partial charge in [0, 0.05) is 64.4 Å². The summed E-state index contributed by atoms with van der Waals surface area (Å²) in [5.41, 5.74) is -0.505. The van der Waals surface area contributed by atoms with E-state index in [1.165, 1.54) is 26.2 Å². The summed E-state index contributed by atoms with van der Waals surface area (Å²) in [6.45, 7) is 23.1. The number of amides is 1. The van der Waals surface area contributed by atoms with Gasteiger partial charge in [0.2, 0.25) is 0 Å². The topological polar surface area (TPSA) is 87.2 Å². The molecule has 0 saturated carbocycles. The van der Waals surface area contributed by atoms with Crippen molar-refractivity contribution >= 4 is 12.4 Å². The lowest BCUT2D eigenvalue weighted by Crippen LogP contribution is -2.37. The van der Waals surface area contributed by atoms with Crippen molar-refractivity contribution < 1.29 is 19.0 Å². The number of carbonyl (C=O) groups excluding carboxylic acids is 1. The monoisotopic (exact) mass is 539 g/mol. The van der Waals surface area contributed by atoms with Crippen LogP contribution in [0.4, 0.5) is 4.79 Å². The van der Waals surface area contributed by atoms with Crippen LogP contribution in [0.5, 0.6) is 0 Å². The van der Waals surface area contributed by atoms with Gasteiger partial charge in [-0.3, -0.25) is 9.80 Å². The largest absolute Gasteiger partial charge is 0.443 e. The number of hydrogen-bond donors (Lipinski definition) is 2. The van der Waals surface area contributed by atoms with E-state index < -0.39 is 5.60 Å². The van der Waals surface area contributed by atoms with Crippen molar-refractivity contribution in [3.63, 3.8) is 0 Å². The Balaban J connectivity index is 1.45. The molecule has 0 aliphatic carbocycles. The fourth-order valence-electron chi connectivity index (χ4n) is 4.35. The Hall–Kier alpha value is -1.42. The number of nitrogens with zero attached hydrogens (tertiary/aromatic N) is 3. The number of carbonyl (C=O) groups is 1. The second kappa shape index (κ2) is 16.6. The summed E-state index contributed by atoms with van der Waals surface area (Å²) in [6, 6.07) is 1.18. The summed E-state index contributed by atoms with van der Waals surface area (Å²) < 4.78 is 17.5. The summed E-state index contributed by atoms with van der Waals surface area (Å²) in [6.07, 6.45) is 7.45. The number of alkyl carbamates (subject to hydrolysis) is 1. The van der Waals surface area contributed by atoms with Crippen molar-refractivity contribution in [2.45, 2.75) is 111 Å². The van der Waals surface area contributed by atoms with E-state index in [-0.39, 0.29) is 17.6 Å². The highest BCUT2D eigenvalue weighted by Crippen LogP contribution is 2.30. The molecule has 38 heavy (non-hydrogen) atoms. The van der Waals surface area contributed by atoms with Crippen LogP contribution < -0.4 is 10.6 Å². The summed E-state index contributed by atoms with van der Waals surface area (Å²) >= 11 is 0. The maximum absolute atomic E-state index is 12.2. The molecule has 0 aromatic rings. The van der Waals surface area contributed by atoms with Crippen LogP contribution in [0.1, 0.15) is 87.0 Å². The number of unbranched alkanes of at least 4 members (excludes halogenated alkanes) is 1. The molecule has 1 amide bonds. The highest BCUT2D eigenvalue weighted by atomic mass is 16.6. The van der Waals surface area contributed by atoms with Crippen LogP contribution in [0.2, 0.25) is 0 Å². The SMILES string of the molecule is CC(CCN/C=N\COCCCCC(C)(C)C(C)OCCC(C)(C)OC(=O)NCCC(C)N1CC1)N1CC1. The molecule has 3 atom stereocenters. The smallest absolute Gasteiger partial charge is 0.407 e. The lowest BCUT2D eigenvalue weighted by Gasteiger charge is -2.33. The molecule has 9 heteroatoms. The zero-order valence-corrected chi connectivity index (χ0v) is 25.4. The van der Waals surface area contributed by atoms with Crippen molar-refractivity contribution in [1.29, 1.82) is 0 Å². The first-order valence-electron chi connectivity index (χ1n) is 14.9. The Labute approximate surface area is 232 Å². The van der Waals surface area contributed by atoms with E-state index >= 15 is 0 Å². The quantitative estimate of drug-likeness (QED) is 0.0920. The normalized spacial score (nSPS) is 18.8. The molecule has 0 spiro atoms. The number of aliphatic imine (C=N–C) groups is 1. The summed E-state index contributed by atoms with van der Waals surface area (Å²) in [7, 11) is 0. The molecule has 0 radical (unpaired) electrons. The Kier molecular flexibility index (Phi) is 14.4. The molecule has 0 bridgehead atoms. The third-order valence-corrected chi connectivity index (χ3v) is 8.00. The molecule has 2 aliphatic rings. The van der Waals surface area contributed by atoms with E-state index in [0.717, 1.165) is 45.3 Å². The predicted molar refractivity (Wildman–Crippen MR) is 155 cm³/mol. The summed E-state index contributed by atoms with van der Waals surface area (Å²) in [5.74, 6) is 0. The molecular formula is C29H57N5O4. The van der Waals surface area contributed by atoms with Crippen molar-refractivity contribution in [2.75, 3.05) is 59.2 Å². The van der Waals surface area contributed by atoms with Crippen molar-refractivity contribution in [3.8, 4) is 0 Å². The third-order valence-electron chi connectivity index (χ3n) is 8.00. The van der Waals surface area contributed by atoms with Gasteiger partial charge in [0.05, 0.1) is 19.0 Å². The van der Waals surface area contributed by atoms with E-state index in [2.05, 4.69) is 60.0 Å². The molecule has 0 aromatic carbocycles. The molecule has 2 rings (SSSR count). The number of hydrogen-bond acceptors (Lipinski definition) is 7. The molecule has 2 heterocycles. The molecule has 2 saturated heterocycles. The molecule has 0 aromatic heterocycles. The van der Waals surface area contributed by atoms with Crippen molar-refractivity contribution in [3.05, 3.63) is 0 Å². The average molecular weight is 540 g/mol. The Bertz CT molecular complexity index is 694. The average Bonchev–Trinajstić information content (AvgIpc) is 3.74. The van der Waals surface area contributed by atoms with Gasteiger partial charge in [0.25, 0.3) is 0 Å². The fraction of sp³-hybridized carbons (Fsp3) is 0.931. The zero-order valence-electron chi connectivity index (χ0n) is 25.4. The molecule has 222 valence electrons.